The molecule has 3 saturated heterocycles. The smallest absolute Gasteiger partial charge is 0.322 e. The quantitative estimate of drug-likeness (QED) is 0.580. The summed E-state index contributed by atoms with van der Waals surface area (Å²) in [5.41, 5.74) is -0.109. The highest BCUT2D eigenvalue weighted by Gasteiger charge is 2.79. The summed E-state index contributed by atoms with van der Waals surface area (Å²) >= 11 is 0. The monoisotopic (exact) mass is 467 g/mol. The first-order valence-electron chi connectivity index (χ1n) is 12.8. The average molecular weight is 468 g/mol. The summed E-state index contributed by atoms with van der Waals surface area (Å²) < 4.78 is 11.2. The number of likely N-dealkylation sites (tertiary alicyclic amines) is 1. The SMILES string of the molecule is COc1ccc2c(c1)[C@@]13C[C@]4(CC[C@@]1(O)[C@H]1C(C2)C3CN1CC1CCOCC1)NC(=O)NC4=O. The van der Waals surface area contributed by atoms with Gasteiger partial charge in [-0.05, 0) is 79.5 Å². The zero-order valence-electron chi connectivity index (χ0n) is 19.6. The molecule has 8 nitrogen and oxygen atoms in total. The van der Waals surface area contributed by atoms with Gasteiger partial charge in [-0.15, -0.1) is 0 Å². The Bertz CT molecular complexity index is 1070. The Hall–Kier alpha value is -2.16. The van der Waals surface area contributed by atoms with E-state index in [0.29, 0.717) is 31.1 Å². The number of aliphatic hydroxyl groups is 1. The second-order valence-electron chi connectivity index (χ2n) is 11.5. The summed E-state index contributed by atoms with van der Waals surface area (Å²) in [6.07, 6.45) is 4.50. The number of nitrogens with zero attached hydrogens (tertiary/aromatic N) is 1. The van der Waals surface area contributed by atoms with Crippen molar-refractivity contribution in [2.24, 2.45) is 17.8 Å². The summed E-state index contributed by atoms with van der Waals surface area (Å²) in [6.45, 7) is 3.58. The predicted molar refractivity (Wildman–Crippen MR) is 122 cm³/mol. The highest BCUT2D eigenvalue weighted by Crippen LogP contribution is 2.70. The van der Waals surface area contributed by atoms with Crippen molar-refractivity contribution in [1.29, 1.82) is 0 Å². The van der Waals surface area contributed by atoms with Crippen LogP contribution in [0.15, 0.2) is 18.2 Å². The molecule has 3 heterocycles. The highest BCUT2D eigenvalue weighted by molar-refractivity contribution is 6.07. The molecule has 0 radical (unpaired) electrons. The number of hydrogen-bond acceptors (Lipinski definition) is 6. The maximum absolute atomic E-state index is 13.1. The second kappa shape index (κ2) is 6.95. The van der Waals surface area contributed by atoms with Gasteiger partial charge in [-0.25, -0.2) is 4.79 Å². The number of fused-ring (bicyclic) bond motifs is 2. The third-order valence-corrected chi connectivity index (χ3v) is 10.3. The van der Waals surface area contributed by atoms with Crippen molar-refractivity contribution >= 4 is 11.9 Å². The molecule has 1 aromatic rings. The van der Waals surface area contributed by atoms with Gasteiger partial charge < -0.3 is 19.9 Å². The van der Waals surface area contributed by atoms with Crippen molar-refractivity contribution in [1.82, 2.24) is 15.5 Å². The van der Waals surface area contributed by atoms with E-state index >= 15 is 0 Å². The number of benzene rings is 1. The molecule has 1 aromatic carbocycles. The lowest BCUT2D eigenvalue weighted by Crippen LogP contribution is -2.71. The topological polar surface area (TPSA) is 100 Å². The number of ether oxygens (including phenoxy) is 2. The molecule has 3 amide bonds. The van der Waals surface area contributed by atoms with E-state index < -0.39 is 22.6 Å². The van der Waals surface area contributed by atoms with Gasteiger partial charge in [-0.3, -0.25) is 15.0 Å². The number of imide groups is 1. The van der Waals surface area contributed by atoms with E-state index in [1.165, 1.54) is 5.56 Å². The number of methoxy groups -OCH3 is 1. The van der Waals surface area contributed by atoms with Crippen molar-refractivity contribution in [2.45, 2.75) is 61.1 Å². The van der Waals surface area contributed by atoms with E-state index in [2.05, 4.69) is 27.7 Å². The van der Waals surface area contributed by atoms with E-state index in [4.69, 9.17) is 9.47 Å². The molecular formula is C26H33N3O5. The maximum atomic E-state index is 13.1. The van der Waals surface area contributed by atoms with Crippen LogP contribution < -0.4 is 15.4 Å². The van der Waals surface area contributed by atoms with Crippen molar-refractivity contribution < 1.29 is 24.2 Å². The van der Waals surface area contributed by atoms with E-state index in [0.717, 1.165) is 56.9 Å². The first-order chi connectivity index (χ1) is 16.4. The molecule has 3 aliphatic carbocycles. The minimum atomic E-state index is -0.957. The number of urea groups is 1. The Labute approximate surface area is 199 Å². The number of carbonyl (C=O) groups is 2. The normalized spacial score (nSPS) is 42.9. The van der Waals surface area contributed by atoms with Crippen LogP contribution in [-0.2, 0) is 21.4 Å². The van der Waals surface area contributed by atoms with Gasteiger partial charge in [0, 0.05) is 37.8 Å². The lowest BCUT2D eigenvalue weighted by molar-refractivity contribution is -0.153. The van der Waals surface area contributed by atoms with Gasteiger partial charge in [-0.2, -0.15) is 0 Å². The Morgan fingerprint density at radius 3 is 2.79 bits per heavy atom. The molecule has 6 atom stereocenters. The van der Waals surface area contributed by atoms with E-state index in [-0.39, 0.29) is 17.9 Å². The van der Waals surface area contributed by atoms with E-state index in [1.54, 1.807) is 7.11 Å². The number of hydrogen-bond donors (Lipinski definition) is 3. The van der Waals surface area contributed by atoms with Crippen molar-refractivity contribution in [3.05, 3.63) is 29.3 Å². The fourth-order valence-corrected chi connectivity index (χ4v) is 8.97. The second-order valence-corrected chi connectivity index (χ2v) is 11.5. The van der Waals surface area contributed by atoms with Gasteiger partial charge in [0.05, 0.1) is 12.7 Å². The Balaban J connectivity index is 1.34. The zero-order chi connectivity index (χ0) is 23.3. The van der Waals surface area contributed by atoms with Gasteiger partial charge in [0.25, 0.3) is 5.91 Å². The summed E-state index contributed by atoms with van der Waals surface area (Å²) in [6, 6.07) is 5.88. The number of amides is 3. The Kier molecular flexibility index (Phi) is 4.33. The molecule has 8 heteroatoms. The minimum Gasteiger partial charge on any atom is -0.497 e. The van der Waals surface area contributed by atoms with Crippen LogP contribution in [0.3, 0.4) is 0 Å². The van der Waals surface area contributed by atoms with Crippen LogP contribution in [0.5, 0.6) is 5.75 Å². The van der Waals surface area contributed by atoms with E-state index in [1.807, 2.05) is 6.07 Å². The lowest BCUT2D eigenvalue weighted by atomic mass is 9.50. The molecule has 2 saturated carbocycles. The molecule has 7 rings (SSSR count). The van der Waals surface area contributed by atoms with Crippen LogP contribution in [-0.4, -0.2) is 72.5 Å². The fourth-order valence-electron chi connectivity index (χ4n) is 8.97. The van der Waals surface area contributed by atoms with Crippen LogP contribution in [0, 0.1) is 17.8 Å². The zero-order valence-corrected chi connectivity index (χ0v) is 19.6. The van der Waals surface area contributed by atoms with Crippen molar-refractivity contribution in [3.63, 3.8) is 0 Å². The van der Waals surface area contributed by atoms with Crippen molar-refractivity contribution in [2.75, 3.05) is 33.4 Å². The summed E-state index contributed by atoms with van der Waals surface area (Å²) in [5, 5.41) is 18.2. The first-order valence-corrected chi connectivity index (χ1v) is 12.8. The maximum Gasteiger partial charge on any atom is 0.322 e. The van der Waals surface area contributed by atoms with Crippen LogP contribution in [0.25, 0.3) is 0 Å². The number of rotatable bonds is 3. The molecule has 34 heavy (non-hydrogen) atoms. The van der Waals surface area contributed by atoms with E-state index in [9.17, 15) is 14.7 Å². The molecule has 182 valence electrons. The lowest BCUT2D eigenvalue weighted by Gasteiger charge is -2.60. The third-order valence-electron chi connectivity index (χ3n) is 10.3. The number of piperidine rings is 1. The van der Waals surface area contributed by atoms with Crippen LogP contribution in [0.4, 0.5) is 4.79 Å². The molecule has 3 N–H and O–H groups in total. The fraction of sp³-hybridized carbons (Fsp3) is 0.692. The van der Waals surface area contributed by atoms with Gasteiger partial charge in [0.15, 0.2) is 0 Å². The molecule has 3 aliphatic heterocycles. The standard InChI is InChI=1S/C26H33N3O5/c1-33-17-3-2-16-10-18-20-13-29(12-15-4-8-34-9-5-15)21(18)26(32)7-6-24(22(30)27-23(31)28-24)14-25(20,26)19(16)11-17/h2-3,11,15,18,20-21,32H,4-10,12-14H2,1H3,(H2,27,28,30,31)/t18?,20?,21-,24+,25-,26-/m1/s1. The van der Waals surface area contributed by atoms with Crippen molar-refractivity contribution in [3.8, 4) is 5.75 Å². The molecule has 2 unspecified atom stereocenters. The molecular weight excluding hydrogens is 434 g/mol. The number of nitrogens with one attached hydrogen (secondary N) is 2. The molecule has 0 aromatic heterocycles. The van der Waals surface area contributed by atoms with Crippen LogP contribution in [0.2, 0.25) is 0 Å². The third kappa shape index (κ3) is 2.49. The minimum absolute atomic E-state index is 0.0660. The van der Waals surface area contributed by atoms with Crippen LogP contribution >= 0.6 is 0 Å². The molecule has 4 bridgehead atoms. The highest BCUT2D eigenvalue weighted by atomic mass is 16.5. The molecule has 2 spiro atoms. The Morgan fingerprint density at radius 1 is 1.24 bits per heavy atom. The predicted octanol–water partition coefficient (Wildman–Crippen LogP) is 1.34. The first kappa shape index (κ1) is 21.1. The summed E-state index contributed by atoms with van der Waals surface area (Å²) in [7, 11) is 1.67. The summed E-state index contributed by atoms with van der Waals surface area (Å²) in [5.74, 6) is 1.72. The molecule has 5 fully saturated rings. The number of carbonyl (C=O) groups excluding carboxylic acids is 2. The Morgan fingerprint density at radius 2 is 2.06 bits per heavy atom. The van der Waals surface area contributed by atoms with Gasteiger partial charge in [0.2, 0.25) is 0 Å². The van der Waals surface area contributed by atoms with Gasteiger partial charge in [-0.1, -0.05) is 6.07 Å². The van der Waals surface area contributed by atoms with Gasteiger partial charge >= 0.3 is 6.03 Å². The summed E-state index contributed by atoms with van der Waals surface area (Å²) in [4.78, 5) is 27.8. The average Bonchev–Trinajstić information content (AvgIpc) is 3.37. The largest absolute Gasteiger partial charge is 0.497 e. The molecule has 6 aliphatic rings. The van der Waals surface area contributed by atoms with Crippen LogP contribution in [0.1, 0.15) is 43.2 Å². The van der Waals surface area contributed by atoms with Gasteiger partial charge in [0.1, 0.15) is 11.3 Å².